The van der Waals surface area contributed by atoms with E-state index in [9.17, 15) is 4.79 Å². The van der Waals surface area contributed by atoms with E-state index in [0.29, 0.717) is 18.9 Å². The van der Waals surface area contributed by atoms with Gasteiger partial charge in [0, 0.05) is 32.6 Å². The normalized spacial score (nSPS) is 14.9. The highest BCUT2D eigenvalue weighted by Crippen LogP contribution is 2.18. The maximum atomic E-state index is 12.0. The number of carbonyl (C=O) groups is 1. The molecule has 0 aromatic heterocycles. The van der Waals surface area contributed by atoms with Crippen LogP contribution < -0.4 is 15.4 Å². The van der Waals surface area contributed by atoms with E-state index in [0.717, 1.165) is 68.3 Å². The van der Waals surface area contributed by atoms with E-state index < -0.39 is 0 Å². The molecule has 1 amide bonds. The summed E-state index contributed by atoms with van der Waals surface area (Å²) in [7, 11) is 1.69. The molecule has 0 aliphatic carbocycles. The van der Waals surface area contributed by atoms with Crippen molar-refractivity contribution in [1.82, 2.24) is 15.5 Å². The van der Waals surface area contributed by atoms with E-state index in [1.807, 2.05) is 24.0 Å². The first kappa shape index (κ1) is 24.5. The van der Waals surface area contributed by atoms with Crippen LogP contribution >= 0.6 is 24.0 Å². The average Bonchev–Trinajstić information content (AvgIpc) is 2.87. The number of rotatable bonds is 8. The molecule has 0 spiro atoms. The van der Waals surface area contributed by atoms with Gasteiger partial charge >= 0.3 is 0 Å². The molecule has 1 saturated heterocycles. The lowest BCUT2D eigenvalue weighted by atomic mass is 10.1. The molecule has 1 aliphatic heterocycles. The lowest BCUT2D eigenvalue weighted by molar-refractivity contribution is -0.130. The van der Waals surface area contributed by atoms with Crippen molar-refractivity contribution < 1.29 is 9.53 Å². The SMILES string of the molecule is CCNC(=NCc1ccc(OC)c(C)c1)NCCCN1CCCCCC1=O.I. The number of carbonyl (C=O) groups excluding carboxylic acids is 1. The van der Waals surface area contributed by atoms with Crippen LogP contribution in [0.5, 0.6) is 5.75 Å². The fourth-order valence-electron chi connectivity index (χ4n) is 3.30. The molecule has 1 aliphatic rings. The lowest BCUT2D eigenvalue weighted by Crippen LogP contribution is -2.39. The quantitative estimate of drug-likeness (QED) is 0.247. The Bertz CT molecular complexity index is 637. The molecule has 0 radical (unpaired) electrons. The van der Waals surface area contributed by atoms with Crippen molar-refractivity contribution in [1.29, 1.82) is 0 Å². The van der Waals surface area contributed by atoms with Crippen LogP contribution in [0.25, 0.3) is 0 Å². The number of likely N-dealkylation sites (tertiary alicyclic amines) is 1. The molecule has 0 atom stereocenters. The third-order valence-corrected chi connectivity index (χ3v) is 4.79. The van der Waals surface area contributed by atoms with Gasteiger partial charge in [-0.2, -0.15) is 0 Å². The molecule has 0 bridgehead atoms. The maximum Gasteiger partial charge on any atom is 0.222 e. The Morgan fingerprint density at radius 1 is 1.25 bits per heavy atom. The Hall–Kier alpha value is -1.51. The fraction of sp³-hybridized carbons (Fsp3) is 0.619. The topological polar surface area (TPSA) is 66.0 Å². The molecule has 7 heteroatoms. The van der Waals surface area contributed by atoms with Crippen molar-refractivity contribution in [2.45, 2.75) is 52.5 Å². The molecule has 0 unspecified atom stereocenters. The standard InChI is InChI=1S/C21H34N4O2.HI/c1-4-22-21(24-16-18-10-11-19(27-3)17(2)15-18)23-12-8-14-25-13-7-5-6-9-20(25)26;/h10-11,15H,4-9,12-14,16H2,1-3H3,(H2,22,23,24);1H. The highest BCUT2D eigenvalue weighted by molar-refractivity contribution is 14.0. The molecule has 158 valence electrons. The predicted molar refractivity (Wildman–Crippen MR) is 126 cm³/mol. The molecule has 28 heavy (non-hydrogen) atoms. The summed E-state index contributed by atoms with van der Waals surface area (Å²) in [5, 5.41) is 6.66. The smallest absolute Gasteiger partial charge is 0.222 e. The average molecular weight is 502 g/mol. The van der Waals surface area contributed by atoms with Crippen LogP contribution in [-0.2, 0) is 11.3 Å². The summed E-state index contributed by atoms with van der Waals surface area (Å²) in [4.78, 5) is 18.7. The van der Waals surface area contributed by atoms with Crippen molar-refractivity contribution >= 4 is 35.8 Å². The minimum atomic E-state index is 0. The highest BCUT2D eigenvalue weighted by Gasteiger charge is 2.15. The molecule has 0 saturated carbocycles. The number of benzene rings is 1. The largest absolute Gasteiger partial charge is 0.496 e. The third-order valence-electron chi connectivity index (χ3n) is 4.79. The molecule has 1 fully saturated rings. The summed E-state index contributed by atoms with van der Waals surface area (Å²) < 4.78 is 5.31. The van der Waals surface area contributed by atoms with Crippen LogP contribution in [0.1, 0.15) is 50.2 Å². The number of nitrogens with zero attached hydrogens (tertiary/aromatic N) is 2. The van der Waals surface area contributed by atoms with Crippen molar-refractivity contribution in [2.75, 3.05) is 33.3 Å². The lowest BCUT2D eigenvalue weighted by Gasteiger charge is -2.20. The van der Waals surface area contributed by atoms with Crippen LogP contribution in [-0.4, -0.2) is 50.1 Å². The molecule has 1 aromatic rings. The molecule has 1 heterocycles. The van der Waals surface area contributed by atoms with Crippen LogP contribution in [0, 0.1) is 6.92 Å². The van der Waals surface area contributed by atoms with Gasteiger partial charge in [-0.1, -0.05) is 18.6 Å². The Morgan fingerprint density at radius 3 is 2.79 bits per heavy atom. The van der Waals surface area contributed by atoms with Gasteiger partial charge in [-0.15, -0.1) is 24.0 Å². The first-order valence-corrected chi connectivity index (χ1v) is 10.1. The van der Waals surface area contributed by atoms with Crippen molar-refractivity contribution in [3.8, 4) is 5.75 Å². The molecule has 1 aromatic carbocycles. The predicted octanol–water partition coefficient (Wildman–Crippen LogP) is 3.47. The van der Waals surface area contributed by atoms with Gasteiger partial charge in [0.05, 0.1) is 13.7 Å². The zero-order valence-electron chi connectivity index (χ0n) is 17.4. The Balaban J connectivity index is 0.00000392. The number of halogens is 1. The second kappa shape index (κ2) is 13.6. The Morgan fingerprint density at radius 2 is 2.07 bits per heavy atom. The second-order valence-electron chi connectivity index (χ2n) is 6.97. The van der Waals surface area contributed by atoms with Crippen LogP contribution in [0.2, 0.25) is 0 Å². The molecule has 2 N–H and O–H groups in total. The minimum Gasteiger partial charge on any atom is -0.496 e. The summed E-state index contributed by atoms with van der Waals surface area (Å²) in [6.07, 6.45) is 4.97. The van der Waals surface area contributed by atoms with Crippen molar-refractivity contribution in [3.63, 3.8) is 0 Å². The summed E-state index contributed by atoms with van der Waals surface area (Å²) in [6, 6.07) is 6.14. The van der Waals surface area contributed by atoms with E-state index >= 15 is 0 Å². The molecule has 6 nitrogen and oxygen atoms in total. The van der Waals surface area contributed by atoms with Gasteiger partial charge in [-0.3, -0.25) is 4.79 Å². The van der Waals surface area contributed by atoms with Crippen LogP contribution in [0.4, 0.5) is 0 Å². The maximum absolute atomic E-state index is 12.0. The van der Waals surface area contributed by atoms with E-state index in [1.54, 1.807) is 7.11 Å². The summed E-state index contributed by atoms with van der Waals surface area (Å²) >= 11 is 0. The van der Waals surface area contributed by atoms with Crippen molar-refractivity contribution in [2.24, 2.45) is 4.99 Å². The van der Waals surface area contributed by atoms with Crippen LogP contribution in [0.3, 0.4) is 0 Å². The zero-order valence-corrected chi connectivity index (χ0v) is 19.8. The molecular weight excluding hydrogens is 467 g/mol. The number of hydrogen-bond acceptors (Lipinski definition) is 3. The number of aliphatic imine (C=N–C) groups is 1. The summed E-state index contributed by atoms with van der Waals surface area (Å²) in [5.74, 6) is 2.02. The molecular formula is C21H35IN4O2. The minimum absolute atomic E-state index is 0. The number of aryl methyl sites for hydroxylation is 1. The fourth-order valence-corrected chi connectivity index (χ4v) is 3.30. The van der Waals surface area contributed by atoms with E-state index in [2.05, 4.69) is 28.6 Å². The van der Waals surface area contributed by atoms with Crippen LogP contribution in [0.15, 0.2) is 23.2 Å². The highest BCUT2D eigenvalue weighted by atomic mass is 127. The number of hydrogen-bond donors (Lipinski definition) is 2. The third kappa shape index (κ3) is 8.24. The van der Waals surface area contributed by atoms with E-state index in [-0.39, 0.29) is 24.0 Å². The first-order valence-electron chi connectivity index (χ1n) is 10.1. The Kier molecular flexibility index (Phi) is 11.9. The van der Waals surface area contributed by atoms with Gasteiger partial charge in [0.15, 0.2) is 5.96 Å². The number of nitrogens with one attached hydrogen (secondary N) is 2. The van der Waals surface area contributed by atoms with E-state index in [1.165, 1.54) is 6.42 Å². The van der Waals surface area contributed by atoms with E-state index in [4.69, 9.17) is 4.74 Å². The summed E-state index contributed by atoms with van der Waals surface area (Å²) in [6.45, 7) is 8.07. The number of guanidine groups is 1. The van der Waals surface area contributed by atoms with Gasteiger partial charge in [0.2, 0.25) is 5.91 Å². The van der Waals surface area contributed by atoms with Gasteiger partial charge < -0.3 is 20.3 Å². The van der Waals surface area contributed by atoms with Gasteiger partial charge in [-0.05, 0) is 50.3 Å². The second-order valence-corrected chi connectivity index (χ2v) is 6.97. The van der Waals surface area contributed by atoms with Gasteiger partial charge in [0.1, 0.15) is 5.75 Å². The summed E-state index contributed by atoms with van der Waals surface area (Å²) in [5.41, 5.74) is 2.27. The number of ether oxygens (including phenoxy) is 1. The van der Waals surface area contributed by atoms with Gasteiger partial charge in [0.25, 0.3) is 0 Å². The molecule has 2 rings (SSSR count). The number of amides is 1. The van der Waals surface area contributed by atoms with Crippen molar-refractivity contribution in [3.05, 3.63) is 29.3 Å². The van der Waals surface area contributed by atoms with Gasteiger partial charge in [-0.25, -0.2) is 4.99 Å². The monoisotopic (exact) mass is 502 g/mol. The first-order chi connectivity index (χ1) is 13.1. The Labute approximate surface area is 186 Å². The zero-order chi connectivity index (χ0) is 19.5. The number of methoxy groups -OCH3 is 1.